The van der Waals surface area contributed by atoms with Crippen LogP contribution in [0.25, 0.3) is 0 Å². The first-order chi connectivity index (χ1) is 9.20. The molecule has 2 aromatic heterocycles. The average molecular weight is 261 g/mol. The minimum Gasteiger partial charge on any atom is -0.481 e. The molecule has 2 aromatic rings. The third kappa shape index (κ3) is 3.27. The fraction of sp³-hybridized carbons (Fsp3) is 0.333. The zero-order valence-corrected chi connectivity index (χ0v) is 10.8. The number of pyridine rings is 1. The predicted octanol–water partition coefficient (Wildman–Crippen LogP) is 0.559. The number of aromatic nitrogens is 4. The van der Waals surface area contributed by atoms with E-state index in [1.54, 1.807) is 26.3 Å². The van der Waals surface area contributed by atoms with Crippen LogP contribution >= 0.6 is 0 Å². The number of methoxy groups -OCH3 is 1. The Morgan fingerprint density at radius 1 is 1.53 bits per heavy atom. The molecule has 1 amide bonds. The van der Waals surface area contributed by atoms with Crippen molar-refractivity contribution < 1.29 is 9.53 Å². The molecule has 0 saturated heterocycles. The zero-order valence-electron chi connectivity index (χ0n) is 10.8. The molecule has 0 radical (unpaired) electrons. The number of ether oxygens (including phenoxy) is 1. The summed E-state index contributed by atoms with van der Waals surface area (Å²) in [5, 5.41) is 6.75. The highest BCUT2D eigenvalue weighted by Crippen LogP contribution is 2.07. The molecular weight excluding hydrogens is 246 g/mol. The average Bonchev–Trinajstić information content (AvgIpc) is 2.98. The number of amides is 1. The zero-order chi connectivity index (χ0) is 13.7. The molecule has 0 fully saturated rings. The van der Waals surface area contributed by atoms with Crippen molar-refractivity contribution in [3.8, 4) is 5.88 Å². The first-order valence-electron chi connectivity index (χ1n) is 5.81. The number of carbonyl (C=O) groups excluding carboxylic acids is 1. The van der Waals surface area contributed by atoms with Crippen molar-refractivity contribution in [2.75, 3.05) is 7.11 Å². The topological polar surface area (TPSA) is 81.9 Å². The van der Waals surface area contributed by atoms with Gasteiger partial charge in [-0.25, -0.2) is 14.6 Å². The van der Waals surface area contributed by atoms with Crippen LogP contribution in [0.3, 0.4) is 0 Å². The van der Waals surface area contributed by atoms with Gasteiger partial charge in [-0.05, 0) is 12.5 Å². The molecule has 2 heterocycles. The molecule has 0 spiro atoms. The maximum Gasteiger partial charge on any atom is 0.244 e. The Balaban J connectivity index is 1.89. The number of carbonyl (C=O) groups is 1. The fourth-order valence-corrected chi connectivity index (χ4v) is 1.51. The van der Waals surface area contributed by atoms with Gasteiger partial charge in [0.15, 0.2) is 0 Å². The van der Waals surface area contributed by atoms with Crippen LogP contribution in [0.5, 0.6) is 5.88 Å². The van der Waals surface area contributed by atoms with Crippen LogP contribution in [-0.4, -0.2) is 32.8 Å². The number of hydrogen-bond acceptors (Lipinski definition) is 5. The summed E-state index contributed by atoms with van der Waals surface area (Å²) < 4.78 is 6.47. The summed E-state index contributed by atoms with van der Waals surface area (Å²) in [6.07, 6.45) is 4.58. The minimum atomic E-state index is -0.395. The van der Waals surface area contributed by atoms with Crippen LogP contribution in [0.2, 0.25) is 0 Å². The molecular formula is C12H15N5O2. The molecule has 0 unspecified atom stereocenters. The molecule has 2 rings (SSSR count). The third-order valence-electron chi connectivity index (χ3n) is 2.69. The maximum atomic E-state index is 11.9. The van der Waals surface area contributed by atoms with Crippen molar-refractivity contribution >= 4 is 5.91 Å². The lowest BCUT2D eigenvalue weighted by Crippen LogP contribution is -2.30. The molecule has 100 valence electrons. The van der Waals surface area contributed by atoms with Gasteiger partial charge in [-0.15, -0.1) is 0 Å². The normalized spacial score (nSPS) is 11.9. The van der Waals surface area contributed by atoms with Gasteiger partial charge in [0.25, 0.3) is 0 Å². The van der Waals surface area contributed by atoms with Crippen molar-refractivity contribution in [3.05, 3.63) is 36.5 Å². The molecule has 0 saturated carbocycles. The van der Waals surface area contributed by atoms with Crippen molar-refractivity contribution in [3.63, 3.8) is 0 Å². The molecule has 19 heavy (non-hydrogen) atoms. The quantitative estimate of drug-likeness (QED) is 0.850. The standard InChI is InChI=1S/C12H15N5O2/c1-9(17-8-13-7-16-17)12(18)15-6-10-3-4-11(19-2)14-5-10/h3-5,7-9H,6H2,1-2H3,(H,15,18)/t9-/m0/s1. The monoisotopic (exact) mass is 261 g/mol. The van der Waals surface area contributed by atoms with Crippen molar-refractivity contribution in [2.24, 2.45) is 0 Å². The highest BCUT2D eigenvalue weighted by Gasteiger charge is 2.14. The lowest BCUT2D eigenvalue weighted by atomic mass is 10.2. The van der Waals surface area contributed by atoms with Gasteiger partial charge < -0.3 is 10.1 Å². The number of nitrogens with one attached hydrogen (secondary N) is 1. The van der Waals surface area contributed by atoms with E-state index in [1.807, 2.05) is 6.07 Å². The van der Waals surface area contributed by atoms with Gasteiger partial charge in [-0.3, -0.25) is 4.79 Å². The van der Waals surface area contributed by atoms with Crippen LogP contribution in [0.4, 0.5) is 0 Å². The Kier molecular flexibility index (Phi) is 4.07. The van der Waals surface area contributed by atoms with Crippen LogP contribution in [0.1, 0.15) is 18.5 Å². The second-order valence-corrected chi connectivity index (χ2v) is 3.98. The van der Waals surface area contributed by atoms with Gasteiger partial charge in [0, 0.05) is 18.8 Å². The summed E-state index contributed by atoms with van der Waals surface area (Å²) in [5.74, 6) is 0.423. The lowest BCUT2D eigenvalue weighted by molar-refractivity contribution is -0.124. The Hall–Kier alpha value is -2.44. The number of hydrogen-bond donors (Lipinski definition) is 1. The van der Waals surface area contributed by atoms with E-state index < -0.39 is 6.04 Å². The fourth-order valence-electron chi connectivity index (χ4n) is 1.51. The molecule has 0 aliphatic rings. The summed E-state index contributed by atoms with van der Waals surface area (Å²) in [6, 6.07) is 3.21. The molecule has 0 aliphatic carbocycles. The van der Waals surface area contributed by atoms with Gasteiger partial charge in [0.05, 0.1) is 7.11 Å². The van der Waals surface area contributed by atoms with E-state index in [4.69, 9.17) is 4.74 Å². The van der Waals surface area contributed by atoms with E-state index in [0.717, 1.165) is 5.56 Å². The van der Waals surface area contributed by atoms with E-state index in [-0.39, 0.29) is 5.91 Å². The van der Waals surface area contributed by atoms with Crippen LogP contribution < -0.4 is 10.1 Å². The second kappa shape index (κ2) is 5.94. The third-order valence-corrected chi connectivity index (χ3v) is 2.69. The molecule has 1 atom stereocenters. The Morgan fingerprint density at radius 2 is 2.37 bits per heavy atom. The SMILES string of the molecule is COc1ccc(CNC(=O)[C@H](C)n2cncn2)cn1. The van der Waals surface area contributed by atoms with E-state index >= 15 is 0 Å². The summed E-state index contributed by atoms with van der Waals surface area (Å²) in [4.78, 5) is 19.8. The lowest BCUT2D eigenvalue weighted by Gasteiger charge is -2.12. The summed E-state index contributed by atoms with van der Waals surface area (Å²) in [6.45, 7) is 2.17. The predicted molar refractivity (Wildman–Crippen MR) is 67.4 cm³/mol. The van der Waals surface area contributed by atoms with E-state index in [0.29, 0.717) is 12.4 Å². The molecule has 7 heteroatoms. The van der Waals surface area contributed by atoms with Gasteiger partial charge in [-0.2, -0.15) is 5.10 Å². The number of rotatable bonds is 5. The molecule has 1 N–H and O–H groups in total. The van der Waals surface area contributed by atoms with Gasteiger partial charge in [0.1, 0.15) is 18.7 Å². The largest absolute Gasteiger partial charge is 0.481 e. The highest BCUT2D eigenvalue weighted by atomic mass is 16.5. The minimum absolute atomic E-state index is 0.124. The Bertz CT molecular complexity index is 524. The van der Waals surface area contributed by atoms with E-state index in [1.165, 1.54) is 17.3 Å². The summed E-state index contributed by atoms with van der Waals surface area (Å²) in [7, 11) is 1.56. The van der Waals surface area contributed by atoms with Crippen molar-refractivity contribution in [1.82, 2.24) is 25.1 Å². The summed E-state index contributed by atoms with van der Waals surface area (Å²) in [5.41, 5.74) is 0.903. The first-order valence-corrected chi connectivity index (χ1v) is 5.81. The van der Waals surface area contributed by atoms with Gasteiger partial charge in [0.2, 0.25) is 11.8 Å². The Labute approximate surface area is 110 Å². The van der Waals surface area contributed by atoms with E-state index in [9.17, 15) is 4.79 Å². The van der Waals surface area contributed by atoms with E-state index in [2.05, 4.69) is 20.4 Å². The molecule has 0 aromatic carbocycles. The molecule has 0 aliphatic heterocycles. The second-order valence-electron chi connectivity index (χ2n) is 3.98. The van der Waals surface area contributed by atoms with Crippen molar-refractivity contribution in [1.29, 1.82) is 0 Å². The van der Waals surface area contributed by atoms with Gasteiger partial charge >= 0.3 is 0 Å². The van der Waals surface area contributed by atoms with Crippen LogP contribution in [-0.2, 0) is 11.3 Å². The Morgan fingerprint density at radius 3 is 2.95 bits per heavy atom. The first kappa shape index (κ1) is 13.0. The smallest absolute Gasteiger partial charge is 0.244 e. The van der Waals surface area contributed by atoms with Crippen LogP contribution in [0, 0.1) is 0 Å². The summed E-state index contributed by atoms with van der Waals surface area (Å²) >= 11 is 0. The van der Waals surface area contributed by atoms with Crippen LogP contribution in [0.15, 0.2) is 31.0 Å². The van der Waals surface area contributed by atoms with Gasteiger partial charge in [-0.1, -0.05) is 6.07 Å². The molecule has 7 nitrogen and oxygen atoms in total. The van der Waals surface area contributed by atoms with Crippen molar-refractivity contribution in [2.45, 2.75) is 19.5 Å². The number of nitrogens with zero attached hydrogens (tertiary/aromatic N) is 4. The maximum absolute atomic E-state index is 11.9. The molecule has 0 bridgehead atoms. The highest BCUT2D eigenvalue weighted by molar-refractivity contribution is 5.79.